The van der Waals surface area contributed by atoms with E-state index in [0.717, 1.165) is 31.5 Å². The van der Waals surface area contributed by atoms with Crippen molar-refractivity contribution in [2.75, 3.05) is 45.9 Å². The van der Waals surface area contributed by atoms with Crippen molar-refractivity contribution in [2.24, 2.45) is 4.99 Å². The number of para-hydroxylation sites is 1. The number of rotatable bonds is 16. The second-order valence-corrected chi connectivity index (χ2v) is 22.2. The highest BCUT2D eigenvalue weighted by molar-refractivity contribution is 7.16. The van der Waals surface area contributed by atoms with E-state index in [9.17, 15) is 9.18 Å². The first-order valence-electron chi connectivity index (χ1n) is 18.3. The molecule has 0 aliphatic heterocycles. The van der Waals surface area contributed by atoms with Crippen molar-refractivity contribution >= 4 is 63.7 Å². The first kappa shape index (κ1) is 41.7. The van der Waals surface area contributed by atoms with Gasteiger partial charge in [-0.1, -0.05) is 55.0 Å². The van der Waals surface area contributed by atoms with Gasteiger partial charge in [-0.05, 0) is 95.7 Å². The van der Waals surface area contributed by atoms with Crippen LogP contribution in [-0.2, 0) is 22.6 Å². The molecule has 0 bridgehead atoms. The molecule has 0 fully saturated rings. The van der Waals surface area contributed by atoms with Gasteiger partial charge in [-0.25, -0.2) is 14.2 Å². The molecule has 2 aromatic carbocycles. The van der Waals surface area contributed by atoms with E-state index in [-0.39, 0.29) is 30.7 Å². The van der Waals surface area contributed by atoms with E-state index in [1.165, 1.54) is 17.4 Å². The van der Waals surface area contributed by atoms with E-state index in [2.05, 4.69) is 63.4 Å². The highest BCUT2D eigenvalue weighted by atomic mass is 32.1. The Labute approximate surface area is 331 Å². The number of aryl methyl sites for hydroxylation is 2. The van der Waals surface area contributed by atoms with Crippen LogP contribution in [0.5, 0.6) is 5.75 Å². The van der Waals surface area contributed by atoms with Gasteiger partial charge in [0, 0.05) is 32.2 Å². The number of fused-ring (bicyclic) bond motifs is 1. The molecule has 0 saturated heterocycles. The lowest BCUT2D eigenvalue weighted by Gasteiger charge is -2.16. The summed E-state index contributed by atoms with van der Waals surface area (Å²) >= 11 is 2.95. The Morgan fingerprint density at radius 2 is 1.85 bits per heavy atom. The number of nitrogens with zero attached hydrogens (tertiary/aromatic N) is 7. The van der Waals surface area contributed by atoms with Gasteiger partial charge in [0.1, 0.15) is 6.73 Å². The monoisotopic (exact) mass is 803 g/mol. The Balaban J connectivity index is 1.29. The molecular weight excluding hydrogens is 754 g/mol. The topological polar surface area (TPSA) is 107 Å². The van der Waals surface area contributed by atoms with Crippen LogP contribution in [0.4, 0.5) is 21.2 Å². The van der Waals surface area contributed by atoms with E-state index < -0.39 is 19.9 Å². The molecule has 1 atom stereocenters. The summed E-state index contributed by atoms with van der Waals surface area (Å²) in [5.74, 6) is 6.34. The third-order valence-corrected chi connectivity index (χ3v) is 12.6. The molecule has 55 heavy (non-hydrogen) atoms. The molecule has 15 heteroatoms. The summed E-state index contributed by atoms with van der Waals surface area (Å²) in [6.45, 7) is 14.3. The molecular formula is C40H50FN7O4S2Si. The first-order chi connectivity index (χ1) is 26.2. The van der Waals surface area contributed by atoms with Gasteiger partial charge in [0.2, 0.25) is 0 Å². The van der Waals surface area contributed by atoms with Gasteiger partial charge in [-0.2, -0.15) is 4.99 Å². The van der Waals surface area contributed by atoms with Crippen LogP contribution in [0.1, 0.15) is 46.8 Å². The molecule has 292 valence electrons. The SMILES string of the molecule is CCOC(=O)c1nc(N(C)c2cc(C)c(/N=c3\sc4ccccc4n3COCC[Si](C)(C)C)nn2)sc1CCCOc1ccc(C#CC(C)N(C)C)cc1F. The normalized spacial score (nSPS) is 12.5. The predicted molar refractivity (Wildman–Crippen MR) is 222 cm³/mol. The lowest BCUT2D eigenvalue weighted by molar-refractivity contribution is 0.0519. The molecule has 11 nitrogen and oxygen atoms in total. The number of esters is 1. The van der Waals surface area contributed by atoms with Crippen molar-refractivity contribution in [3.8, 4) is 17.6 Å². The molecule has 0 aliphatic carbocycles. The fraction of sp³-hybridized carbons (Fsp3) is 0.425. The van der Waals surface area contributed by atoms with Gasteiger partial charge in [-0.15, -0.1) is 21.5 Å². The zero-order chi connectivity index (χ0) is 39.7. The maximum atomic E-state index is 14.8. The van der Waals surface area contributed by atoms with Crippen molar-refractivity contribution in [2.45, 2.75) is 72.1 Å². The number of thiazole rings is 2. The highest BCUT2D eigenvalue weighted by Crippen LogP contribution is 2.32. The third-order valence-electron chi connectivity index (χ3n) is 8.68. The van der Waals surface area contributed by atoms with Gasteiger partial charge >= 0.3 is 5.97 Å². The fourth-order valence-electron chi connectivity index (χ4n) is 5.13. The molecule has 3 aromatic heterocycles. The molecule has 5 aromatic rings. The van der Waals surface area contributed by atoms with E-state index >= 15 is 0 Å². The molecule has 0 saturated carbocycles. The Morgan fingerprint density at radius 1 is 1.07 bits per heavy atom. The van der Waals surface area contributed by atoms with E-state index in [4.69, 9.17) is 19.2 Å². The fourth-order valence-corrected chi connectivity index (χ4v) is 7.97. The molecule has 0 spiro atoms. The van der Waals surface area contributed by atoms with Crippen molar-refractivity contribution in [1.29, 1.82) is 0 Å². The number of hydrogen-bond donors (Lipinski definition) is 0. The number of carbonyl (C=O) groups excluding carboxylic acids is 1. The van der Waals surface area contributed by atoms with Crippen LogP contribution in [0.2, 0.25) is 25.7 Å². The first-order valence-corrected chi connectivity index (χ1v) is 23.6. The third kappa shape index (κ3) is 11.3. The Kier molecular flexibility index (Phi) is 14.3. The quantitative estimate of drug-likeness (QED) is 0.0423. The van der Waals surface area contributed by atoms with Gasteiger partial charge < -0.3 is 19.1 Å². The Hall–Kier alpha value is -4.46. The number of anilines is 2. The number of benzene rings is 2. The minimum absolute atomic E-state index is 0.0467. The van der Waals surface area contributed by atoms with Crippen molar-refractivity contribution in [3.63, 3.8) is 0 Å². The summed E-state index contributed by atoms with van der Waals surface area (Å²) in [4.78, 5) is 27.8. The average Bonchev–Trinajstić information content (AvgIpc) is 3.73. The van der Waals surface area contributed by atoms with Crippen molar-refractivity contribution in [1.82, 2.24) is 24.6 Å². The average molecular weight is 804 g/mol. The largest absolute Gasteiger partial charge is 0.491 e. The smallest absolute Gasteiger partial charge is 0.358 e. The summed E-state index contributed by atoms with van der Waals surface area (Å²) in [5.41, 5.74) is 2.71. The molecule has 0 N–H and O–H groups in total. The van der Waals surface area contributed by atoms with Gasteiger partial charge in [0.05, 0.1) is 29.5 Å². The van der Waals surface area contributed by atoms with Crippen molar-refractivity contribution < 1.29 is 23.4 Å². The Bertz CT molecular complexity index is 2240. The van der Waals surface area contributed by atoms with E-state index in [1.807, 2.05) is 58.1 Å². The maximum Gasteiger partial charge on any atom is 0.358 e. The van der Waals surface area contributed by atoms with Crippen LogP contribution in [0.15, 0.2) is 53.5 Å². The molecule has 5 rings (SSSR count). The summed E-state index contributed by atoms with van der Waals surface area (Å²) in [5, 5.41) is 9.57. The lowest BCUT2D eigenvalue weighted by Crippen LogP contribution is -2.23. The summed E-state index contributed by atoms with van der Waals surface area (Å²) in [6, 6.07) is 15.9. The van der Waals surface area contributed by atoms with Crippen LogP contribution in [0.3, 0.4) is 0 Å². The highest BCUT2D eigenvalue weighted by Gasteiger charge is 2.23. The van der Waals surface area contributed by atoms with Crippen LogP contribution in [-0.4, -0.2) is 85.7 Å². The van der Waals surface area contributed by atoms with Crippen LogP contribution < -0.4 is 14.4 Å². The Morgan fingerprint density at radius 3 is 2.56 bits per heavy atom. The molecule has 0 amide bonds. The minimum atomic E-state index is -1.22. The van der Waals surface area contributed by atoms with E-state index in [0.29, 0.717) is 48.5 Å². The number of ether oxygens (including phenoxy) is 3. The number of aromatic nitrogens is 4. The van der Waals surface area contributed by atoms with Gasteiger partial charge in [0.25, 0.3) is 0 Å². The number of halogens is 1. The second kappa shape index (κ2) is 18.9. The lowest BCUT2D eigenvalue weighted by atomic mass is 10.2. The van der Waals surface area contributed by atoms with Crippen LogP contribution in [0.25, 0.3) is 10.2 Å². The molecule has 1 unspecified atom stereocenters. The minimum Gasteiger partial charge on any atom is -0.491 e. The second-order valence-electron chi connectivity index (χ2n) is 14.5. The summed E-state index contributed by atoms with van der Waals surface area (Å²) in [6.07, 6.45) is 1.00. The van der Waals surface area contributed by atoms with Crippen LogP contribution >= 0.6 is 22.7 Å². The predicted octanol–water partition coefficient (Wildman–Crippen LogP) is 8.20. The number of hydrogen-bond acceptors (Lipinski definition) is 12. The standard InChI is InChI=1S/C40H50FN7O4S2Si/c1-10-51-38(49)36-34(16-13-21-52-32-20-19-29(25-30(32)41)18-17-28(3)46(4)5)54-39(42-36)47(6)35-24-27(2)37(45-44-35)43-40-48(26-50-22-23-55(7,8)9)31-14-11-12-15-33(31)53-40/h11-12,14-15,19-20,24-25,28H,10,13,16,21-23,26H2,1-9H3/b43-40-. The summed E-state index contributed by atoms with van der Waals surface area (Å²) in [7, 11) is 4.50. The molecule has 3 heterocycles. The molecule has 0 radical (unpaired) electrons. The van der Waals surface area contributed by atoms with Gasteiger partial charge in [0.15, 0.2) is 38.8 Å². The maximum absolute atomic E-state index is 14.8. The zero-order valence-electron chi connectivity index (χ0n) is 33.1. The molecule has 0 aliphatic rings. The van der Waals surface area contributed by atoms with E-state index in [1.54, 1.807) is 35.3 Å². The summed E-state index contributed by atoms with van der Waals surface area (Å²) < 4.78 is 35.2. The zero-order valence-corrected chi connectivity index (χ0v) is 35.7. The number of carbonyl (C=O) groups is 1. The van der Waals surface area contributed by atoms with Crippen LogP contribution in [0, 0.1) is 24.6 Å². The van der Waals surface area contributed by atoms with Gasteiger partial charge in [-0.3, -0.25) is 9.47 Å². The van der Waals surface area contributed by atoms with Crippen molar-refractivity contribution in [3.05, 3.63) is 80.8 Å².